The van der Waals surface area contributed by atoms with Gasteiger partial charge in [-0.15, -0.1) is 11.8 Å². The van der Waals surface area contributed by atoms with E-state index in [1.54, 1.807) is 35.1 Å². The number of amides is 3. The van der Waals surface area contributed by atoms with Crippen LogP contribution in [0.3, 0.4) is 0 Å². The molecule has 2 aliphatic heterocycles. The highest BCUT2D eigenvalue weighted by Crippen LogP contribution is 2.55. The zero-order valence-electron chi connectivity index (χ0n) is 16.3. The number of nitrogens with one attached hydrogen (secondary N) is 1. The van der Waals surface area contributed by atoms with Gasteiger partial charge in [-0.1, -0.05) is 12.1 Å². The number of methoxy groups -OCH3 is 1. The maximum absolute atomic E-state index is 13.7. The van der Waals surface area contributed by atoms with Crippen LogP contribution in [0.5, 0.6) is 5.75 Å². The Kier molecular flexibility index (Phi) is 5.12. The summed E-state index contributed by atoms with van der Waals surface area (Å²) in [6, 6.07) is 11.3. The minimum absolute atomic E-state index is 0.168. The number of benzene rings is 2. The summed E-state index contributed by atoms with van der Waals surface area (Å²) in [5, 5.41) is 2.82. The van der Waals surface area contributed by atoms with Gasteiger partial charge in [-0.25, -0.2) is 9.18 Å². The molecule has 6 nitrogen and oxygen atoms in total. The number of halogens is 1. The molecule has 0 bridgehead atoms. The maximum atomic E-state index is 13.7. The van der Waals surface area contributed by atoms with Crippen molar-refractivity contribution < 1.29 is 18.7 Å². The molecule has 3 amide bonds. The van der Waals surface area contributed by atoms with E-state index < -0.39 is 4.87 Å². The van der Waals surface area contributed by atoms with Gasteiger partial charge < -0.3 is 15.0 Å². The zero-order valence-corrected chi connectivity index (χ0v) is 17.1. The lowest BCUT2D eigenvalue weighted by molar-refractivity contribution is -0.123. The Hall–Kier alpha value is -2.74. The minimum Gasteiger partial charge on any atom is -0.497 e. The molecule has 1 fully saturated rings. The Bertz CT molecular complexity index is 953. The highest BCUT2D eigenvalue weighted by Gasteiger charge is 2.59. The van der Waals surface area contributed by atoms with E-state index in [-0.39, 0.29) is 17.8 Å². The average Bonchev–Trinajstić information content (AvgIpc) is 3.27. The fourth-order valence-electron chi connectivity index (χ4n) is 3.90. The summed E-state index contributed by atoms with van der Waals surface area (Å²) in [5.74, 6) is 0.794. The molecule has 1 N–H and O–H groups in total. The first kappa shape index (κ1) is 19.6. The summed E-state index contributed by atoms with van der Waals surface area (Å²) in [6.45, 7) is 3.10. The van der Waals surface area contributed by atoms with Crippen molar-refractivity contribution in [1.29, 1.82) is 0 Å². The molecule has 0 radical (unpaired) electrons. The first-order chi connectivity index (χ1) is 14.0. The largest absolute Gasteiger partial charge is 0.497 e. The molecule has 2 aromatic rings. The van der Waals surface area contributed by atoms with Gasteiger partial charge in [0.05, 0.1) is 19.3 Å². The molecule has 1 atom stereocenters. The molecule has 0 saturated carbocycles. The second-order valence-electron chi connectivity index (χ2n) is 6.88. The summed E-state index contributed by atoms with van der Waals surface area (Å²) in [5.41, 5.74) is 2.30. The van der Waals surface area contributed by atoms with E-state index in [1.165, 1.54) is 23.9 Å². The smallest absolute Gasteiger partial charge is 0.319 e. The lowest BCUT2D eigenvalue weighted by Gasteiger charge is -2.33. The van der Waals surface area contributed by atoms with Crippen molar-refractivity contribution in [2.75, 3.05) is 30.9 Å². The van der Waals surface area contributed by atoms with E-state index in [2.05, 4.69) is 5.32 Å². The summed E-state index contributed by atoms with van der Waals surface area (Å²) in [7, 11) is 1.57. The molecule has 1 saturated heterocycles. The fourth-order valence-corrected chi connectivity index (χ4v) is 5.35. The SMILES string of the molecule is CCNC(=O)N1CCSC12C(=O)N(Cc1ccc(F)cc1)c1ccc(OC)cc12. The van der Waals surface area contributed by atoms with Gasteiger partial charge in [0.1, 0.15) is 11.6 Å². The minimum atomic E-state index is -1.12. The molecule has 29 heavy (non-hydrogen) atoms. The van der Waals surface area contributed by atoms with E-state index in [9.17, 15) is 14.0 Å². The summed E-state index contributed by atoms with van der Waals surface area (Å²) >= 11 is 1.46. The van der Waals surface area contributed by atoms with E-state index in [0.717, 1.165) is 16.8 Å². The van der Waals surface area contributed by atoms with Gasteiger partial charge in [0.15, 0.2) is 4.87 Å². The number of hydrogen-bond acceptors (Lipinski definition) is 4. The number of carbonyl (C=O) groups is 2. The van der Waals surface area contributed by atoms with Crippen LogP contribution in [0.1, 0.15) is 18.1 Å². The number of urea groups is 1. The third-order valence-electron chi connectivity index (χ3n) is 5.23. The predicted molar refractivity (Wildman–Crippen MR) is 110 cm³/mol. The zero-order chi connectivity index (χ0) is 20.6. The Morgan fingerprint density at radius 2 is 2.03 bits per heavy atom. The Balaban J connectivity index is 1.80. The van der Waals surface area contributed by atoms with E-state index in [0.29, 0.717) is 31.1 Å². The van der Waals surface area contributed by atoms with Gasteiger partial charge in [0.25, 0.3) is 5.91 Å². The van der Waals surface area contributed by atoms with E-state index >= 15 is 0 Å². The van der Waals surface area contributed by atoms with Gasteiger partial charge in [-0.05, 0) is 42.8 Å². The number of fused-ring (bicyclic) bond motifs is 2. The van der Waals surface area contributed by atoms with Crippen LogP contribution < -0.4 is 15.0 Å². The molecule has 4 rings (SSSR count). The van der Waals surface area contributed by atoms with Gasteiger partial charge >= 0.3 is 6.03 Å². The Labute approximate surface area is 173 Å². The van der Waals surface area contributed by atoms with Crippen molar-refractivity contribution in [1.82, 2.24) is 10.2 Å². The highest BCUT2D eigenvalue weighted by atomic mass is 32.2. The molecule has 2 aliphatic rings. The highest BCUT2D eigenvalue weighted by molar-refractivity contribution is 8.01. The Morgan fingerprint density at radius 3 is 2.72 bits per heavy atom. The van der Waals surface area contributed by atoms with Crippen LogP contribution in [0, 0.1) is 5.82 Å². The quantitative estimate of drug-likeness (QED) is 0.832. The van der Waals surface area contributed by atoms with Crippen molar-refractivity contribution >= 4 is 29.4 Å². The predicted octanol–water partition coefficient (Wildman–Crippen LogP) is 3.31. The first-order valence-corrected chi connectivity index (χ1v) is 10.4. The number of thioether (sulfide) groups is 1. The molecular formula is C21H22FN3O3S. The molecule has 2 heterocycles. The molecule has 152 valence electrons. The topological polar surface area (TPSA) is 61.9 Å². The fraction of sp³-hybridized carbons (Fsp3) is 0.333. The van der Waals surface area contributed by atoms with Crippen molar-refractivity contribution in [3.8, 4) is 5.75 Å². The summed E-state index contributed by atoms with van der Waals surface area (Å²) in [4.78, 5) is 28.7. The van der Waals surface area contributed by atoms with Crippen LogP contribution in [0.25, 0.3) is 0 Å². The van der Waals surface area contributed by atoms with Crippen LogP contribution in [0.2, 0.25) is 0 Å². The second-order valence-corrected chi connectivity index (χ2v) is 8.17. The molecule has 0 aliphatic carbocycles. The summed E-state index contributed by atoms with van der Waals surface area (Å²) in [6.07, 6.45) is 0. The molecule has 8 heteroatoms. The number of ether oxygens (including phenoxy) is 1. The van der Waals surface area contributed by atoms with Crippen LogP contribution in [-0.2, 0) is 16.2 Å². The second kappa shape index (κ2) is 7.59. The molecule has 2 aromatic carbocycles. The van der Waals surface area contributed by atoms with Gasteiger partial charge in [-0.2, -0.15) is 0 Å². The maximum Gasteiger partial charge on any atom is 0.319 e. The van der Waals surface area contributed by atoms with Crippen LogP contribution >= 0.6 is 11.8 Å². The van der Waals surface area contributed by atoms with E-state index in [1.807, 2.05) is 19.1 Å². The van der Waals surface area contributed by atoms with Crippen LogP contribution in [0.4, 0.5) is 14.9 Å². The van der Waals surface area contributed by atoms with Crippen LogP contribution in [-0.4, -0.2) is 42.8 Å². The van der Waals surface area contributed by atoms with E-state index in [4.69, 9.17) is 4.74 Å². The van der Waals surface area contributed by atoms with Crippen molar-refractivity contribution in [2.45, 2.75) is 18.3 Å². The summed E-state index contributed by atoms with van der Waals surface area (Å²) < 4.78 is 18.7. The number of anilines is 1. The lowest BCUT2D eigenvalue weighted by Crippen LogP contribution is -2.53. The lowest BCUT2D eigenvalue weighted by atomic mass is 10.1. The third-order valence-corrected chi connectivity index (χ3v) is 6.65. The van der Waals surface area contributed by atoms with Gasteiger partial charge in [0.2, 0.25) is 0 Å². The third kappa shape index (κ3) is 3.11. The number of hydrogen-bond donors (Lipinski definition) is 1. The average molecular weight is 415 g/mol. The first-order valence-electron chi connectivity index (χ1n) is 9.45. The number of carbonyl (C=O) groups excluding carboxylic acids is 2. The standard InChI is InChI=1S/C21H22FN3O3S/c1-3-23-20(27)25-10-11-29-21(25)17-12-16(28-2)8-9-18(17)24(19(21)26)13-14-4-6-15(22)7-5-14/h4-9,12H,3,10-11,13H2,1-2H3,(H,23,27). The number of nitrogens with zero attached hydrogens (tertiary/aromatic N) is 2. The molecule has 1 unspecified atom stereocenters. The normalized spacial score (nSPS) is 20.3. The van der Waals surface area contributed by atoms with Crippen molar-refractivity contribution in [3.63, 3.8) is 0 Å². The van der Waals surface area contributed by atoms with Crippen molar-refractivity contribution in [3.05, 3.63) is 59.4 Å². The van der Waals surface area contributed by atoms with Gasteiger partial charge in [-0.3, -0.25) is 9.69 Å². The van der Waals surface area contributed by atoms with Gasteiger partial charge in [0, 0.05) is 24.4 Å². The Morgan fingerprint density at radius 1 is 1.28 bits per heavy atom. The molecular weight excluding hydrogens is 393 g/mol. The number of rotatable bonds is 4. The molecule has 1 spiro atoms. The van der Waals surface area contributed by atoms with Crippen molar-refractivity contribution in [2.24, 2.45) is 0 Å². The molecule has 0 aromatic heterocycles. The monoisotopic (exact) mass is 415 g/mol. The van der Waals surface area contributed by atoms with Crippen LogP contribution in [0.15, 0.2) is 42.5 Å².